The predicted octanol–water partition coefficient (Wildman–Crippen LogP) is 1.67. The second-order valence-electron chi connectivity index (χ2n) is 4.64. The zero-order valence-corrected chi connectivity index (χ0v) is 10.7. The third-order valence-electron chi connectivity index (χ3n) is 3.14. The molecule has 1 aliphatic heterocycles. The number of carboxylic acids is 1. The van der Waals surface area contributed by atoms with Gasteiger partial charge in [-0.25, -0.2) is 0 Å². The molecule has 1 atom stereocenters. The number of nitrogens with zero attached hydrogens (tertiary/aromatic N) is 1. The molecule has 94 valence electrons. The van der Waals surface area contributed by atoms with Gasteiger partial charge < -0.3 is 14.7 Å². The van der Waals surface area contributed by atoms with Gasteiger partial charge in [0.2, 0.25) is 0 Å². The zero-order chi connectivity index (χ0) is 12.3. The first-order valence-corrected chi connectivity index (χ1v) is 6.52. The minimum absolute atomic E-state index is 0.330. The van der Waals surface area contributed by atoms with E-state index >= 15 is 0 Å². The number of hydrogen-bond acceptors (Lipinski definition) is 4. The van der Waals surface area contributed by atoms with Crippen molar-refractivity contribution in [2.75, 3.05) is 26.8 Å². The molecule has 1 N–H and O–H groups in total. The van der Waals surface area contributed by atoms with E-state index in [0.717, 1.165) is 6.54 Å². The van der Waals surface area contributed by atoms with Crippen molar-refractivity contribution in [1.82, 2.24) is 4.90 Å². The molecule has 2 heterocycles. The molecule has 1 aromatic heterocycles. The molecule has 1 unspecified atom stereocenters. The van der Waals surface area contributed by atoms with Gasteiger partial charge in [0, 0.05) is 24.6 Å². The Balaban J connectivity index is 1.96. The van der Waals surface area contributed by atoms with E-state index in [0.29, 0.717) is 26.2 Å². The molecule has 1 saturated heterocycles. The summed E-state index contributed by atoms with van der Waals surface area (Å²) in [5.74, 6) is -0.743. The van der Waals surface area contributed by atoms with E-state index < -0.39 is 11.4 Å². The molecule has 1 aliphatic rings. The van der Waals surface area contributed by atoms with Crippen LogP contribution in [0.4, 0.5) is 0 Å². The minimum atomic E-state index is -0.743. The summed E-state index contributed by atoms with van der Waals surface area (Å²) in [6.07, 6.45) is 0.608. The first-order valence-electron chi connectivity index (χ1n) is 5.64. The molecule has 0 bridgehead atoms. The molecule has 2 rings (SSSR count). The molecule has 0 radical (unpaired) electrons. The normalized spacial score (nSPS) is 24.4. The molecule has 4 nitrogen and oxygen atoms in total. The minimum Gasteiger partial charge on any atom is -0.481 e. The lowest BCUT2D eigenvalue weighted by Crippen LogP contribution is -2.42. The van der Waals surface area contributed by atoms with Gasteiger partial charge in [-0.05, 0) is 24.9 Å². The fourth-order valence-electron chi connectivity index (χ4n) is 2.21. The number of hydrogen-bond donors (Lipinski definition) is 1. The molecule has 0 aliphatic carbocycles. The van der Waals surface area contributed by atoms with Gasteiger partial charge >= 0.3 is 5.97 Å². The maximum Gasteiger partial charge on any atom is 0.313 e. The second kappa shape index (κ2) is 5.16. The Kier molecular flexibility index (Phi) is 3.81. The van der Waals surface area contributed by atoms with Crippen LogP contribution in [0.2, 0.25) is 0 Å². The van der Waals surface area contributed by atoms with E-state index in [2.05, 4.69) is 11.0 Å². The molecular weight excluding hydrogens is 238 g/mol. The van der Waals surface area contributed by atoms with Crippen LogP contribution >= 0.6 is 11.3 Å². The van der Waals surface area contributed by atoms with Crippen molar-refractivity contribution in [3.8, 4) is 0 Å². The topological polar surface area (TPSA) is 49.8 Å². The Morgan fingerprint density at radius 2 is 2.53 bits per heavy atom. The van der Waals surface area contributed by atoms with Crippen LogP contribution < -0.4 is 0 Å². The Morgan fingerprint density at radius 1 is 1.71 bits per heavy atom. The van der Waals surface area contributed by atoms with Gasteiger partial charge in [0.15, 0.2) is 0 Å². The van der Waals surface area contributed by atoms with Crippen molar-refractivity contribution in [1.29, 1.82) is 0 Å². The van der Waals surface area contributed by atoms with Crippen LogP contribution in [-0.2, 0) is 16.1 Å². The number of carbonyl (C=O) groups is 1. The first kappa shape index (κ1) is 12.5. The van der Waals surface area contributed by atoms with Gasteiger partial charge in [0.05, 0.1) is 6.61 Å². The van der Waals surface area contributed by atoms with Gasteiger partial charge in [-0.3, -0.25) is 4.79 Å². The highest BCUT2D eigenvalue weighted by molar-refractivity contribution is 7.09. The van der Waals surface area contributed by atoms with Crippen molar-refractivity contribution >= 4 is 17.3 Å². The summed E-state index contributed by atoms with van der Waals surface area (Å²) in [4.78, 5) is 14.7. The number of thiophene rings is 1. The maximum absolute atomic E-state index is 11.4. The molecule has 1 aromatic rings. The highest BCUT2D eigenvalue weighted by Gasteiger charge is 2.43. The van der Waals surface area contributed by atoms with E-state index in [1.165, 1.54) is 4.88 Å². The summed E-state index contributed by atoms with van der Waals surface area (Å²) < 4.78 is 5.25. The first-order chi connectivity index (χ1) is 8.12. The SMILES string of the molecule is CN(Cc1cccs1)CC1(C(=O)O)CCOC1. The zero-order valence-electron chi connectivity index (χ0n) is 9.89. The van der Waals surface area contributed by atoms with Crippen molar-refractivity contribution in [3.05, 3.63) is 22.4 Å². The van der Waals surface area contributed by atoms with Crippen LogP contribution in [0, 0.1) is 5.41 Å². The molecule has 0 spiro atoms. The molecule has 1 fully saturated rings. The van der Waals surface area contributed by atoms with Crippen LogP contribution in [-0.4, -0.2) is 42.8 Å². The number of carboxylic acid groups (broad SMARTS) is 1. The van der Waals surface area contributed by atoms with E-state index in [1.807, 2.05) is 18.5 Å². The van der Waals surface area contributed by atoms with Gasteiger partial charge in [0.1, 0.15) is 5.41 Å². The number of aliphatic carboxylic acids is 1. The number of ether oxygens (including phenoxy) is 1. The van der Waals surface area contributed by atoms with Crippen LogP contribution in [0.25, 0.3) is 0 Å². The van der Waals surface area contributed by atoms with Crippen molar-refractivity contribution < 1.29 is 14.6 Å². The third kappa shape index (κ3) is 2.86. The average molecular weight is 255 g/mol. The molecule has 5 heteroatoms. The van der Waals surface area contributed by atoms with E-state index in [9.17, 15) is 9.90 Å². The third-order valence-corrected chi connectivity index (χ3v) is 4.00. The van der Waals surface area contributed by atoms with Crippen LogP contribution in [0.1, 0.15) is 11.3 Å². The van der Waals surface area contributed by atoms with Crippen LogP contribution in [0.5, 0.6) is 0 Å². The monoisotopic (exact) mass is 255 g/mol. The fourth-order valence-corrected chi connectivity index (χ4v) is 2.99. The highest BCUT2D eigenvalue weighted by atomic mass is 32.1. The second-order valence-corrected chi connectivity index (χ2v) is 5.67. The summed E-state index contributed by atoms with van der Waals surface area (Å²) in [6, 6.07) is 4.08. The summed E-state index contributed by atoms with van der Waals surface area (Å²) in [7, 11) is 1.96. The summed E-state index contributed by atoms with van der Waals surface area (Å²) in [6.45, 7) is 2.23. The molecule has 0 aromatic carbocycles. The Hall–Kier alpha value is -0.910. The Morgan fingerprint density at radius 3 is 3.06 bits per heavy atom. The Bertz CT molecular complexity index is 371. The van der Waals surface area contributed by atoms with Crippen molar-refractivity contribution in [2.45, 2.75) is 13.0 Å². The fraction of sp³-hybridized carbons (Fsp3) is 0.583. The van der Waals surface area contributed by atoms with Gasteiger partial charge in [0.25, 0.3) is 0 Å². The highest BCUT2D eigenvalue weighted by Crippen LogP contribution is 2.30. The van der Waals surface area contributed by atoms with Crippen molar-refractivity contribution in [2.24, 2.45) is 5.41 Å². The smallest absolute Gasteiger partial charge is 0.313 e. The lowest BCUT2D eigenvalue weighted by atomic mass is 9.87. The summed E-state index contributed by atoms with van der Waals surface area (Å²) in [5.41, 5.74) is -0.716. The Labute approximate surface area is 105 Å². The predicted molar refractivity (Wildman–Crippen MR) is 66.2 cm³/mol. The number of rotatable bonds is 5. The standard InChI is InChI=1S/C12H17NO3S/c1-13(7-10-3-2-6-17-10)8-12(11(14)15)4-5-16-9-12/h2-3,6H,4-5,7-9H2,1H3,(H,14,15). The lowest BCUT2D eigenvalue weighted by Gasteiger charge is -2.28. The molecular formula is C12H17NO3S. The van der Waals surface area contributed by atoms with Crippen molar-refractivity contribution in [3.63, 3.8) is 0 Å². The van der Waals surface area contributed by atoms with E-state index in [4.69, 9.17) is 4.74 Å². The largest absolute Gasteiger partial charge is 0.481 e. The van der Waals surface area contributed by atoms with Gasteiger partial charge in [-0.15, -0.1) is 11.3 Å². The van der Waals surface area contributed by atoms with Crippen LogP contribution in [0.3, 0.4) is 0 Å². The molecule has 0 saturated carbocycles. The lowest BCUT2D eigenvalue weighted by molar-refractivity contribution is -0.150. The quantitative estimate of drug-likeness (QED) is 0.869. The summed E-state index contributed by atoms with van der Waals surface area (Å²) >= 11 is 1.70. The van der Waals surface area contributed by atoms with E-state index in [-0.39, 0.29) is 0 Å². The average Bonchev–Trinajstić information content (AvgIpc) is 2.89. The van der Waals surface area contributed by atoms with E-state index in [1.54, 1.807) is 11.3 Å². The van der Waals surface area contributed by atoms with Gasteiger partial charge in [-0.1, -0.05) is 6.07 Å². The van der Waals surface area contributed by atoms with Crippen LogP contribution in [0.15, 0.2) is 17.5 Å². The molecule has 17 heavy (non-hydrogen) atoms. The molecule has 0 amide bonds. The van der Waals surface area contributed by atoms with Gasteiger partial charge in [-0.2, -0.15) is 0 Å². The summed E-state index contributed by atoms with van der Waals surface area (Å²) in [5, 5.41) is 11.4. The maximum atomic E-state index is 11.4.